The quantitative estimate of drug-likeness (QED) is 0.743. The molecule has 1 fully saturated rings. The molecule has 29 heavy (non-hydrogen) atoms. The van der Waals surface area contributed by atoms with E-state index in [1.165, 1.54) is 15.9 Å². The molecule has 1 amide bonds. The number of carbonyl (C=O) groups excluding carboxylic acids is 1. The van der Waals surface area contributed by atoms with Crippen LogP contribution < -0.4 is 4.90 Å². The first-order valence-electron chi connectivity index (χ1n) is 9.82. The van der Waals surface area contributed by atoms with E-state index in [0.29, 0.717) is 19.6 Å². The van der Waals surface area contributed by atoms with Gasteiger partial charge in [0, 0.05) is 38.4 Å². The second-order valence-electron chi connectivity index (χ2n) is 7.37. The van der Waals surface area contributed by atoms with Crippen LogP contribution in [0, 0.1) is 0 Å². The number of halogens is 1. The molecule has 0 atom stereocenters. The van der Waals surface area contributed by atoms with Crippen molar-refractivity contribution in [3.05, 3.63) is 59.1 Å². The molecule has 6 nitrogen and oxygen atoms in total. The molecule has 2 aromatic rings. The monoisotopic (exact) mass is 433 g/mol. The van der Waals surface area contributed by atoms with E-state index in [2.05, 4.69) is 17.0 Å². The number of amides is 1. The Kier molecular flexibility index (Phi) is 5.81. The molecular formula is C21H24ClN3O3S. The highest BCUT2D eigenvalue weighted by molar-refractivity contribution is 7.89. The molecule has 0 spiro atoms. The van der Waals surface area contributed by atoms with E-state index in [0.717, 1.165) is 25.1 Å². The number of nitrogens with zero attached hydrogens (tertiary/aromatic N) is 3. The predicted octanol–water partition coefficient (Wildman–Crippen LogP) is 2.63. The van der Waals surface area contributed by atoms with Gasteiger partial charge in [-0.05, 0) is 36.6 Å². The minimum Gasteiger partial charge on any atom is -0.362 e. The number of anilines is 1. The van der Waals surface area contributed by atoms with Crippen molar-refractivity contribution < 1.29 is 13.2 Å². The Morgan fingerprint density at radius 1 is 0.931 bits per heavy atom. The van der Waals surface area contributed by atoms with Gasteiger partial charge in [0.15, 0.2) is 0 Å². The van der Waals surface area contributed by atoms with Crippen LogP contribution in [-0.4, -0.2) is 62.8 Å². The third-order valence-corrected chi connectivity index (χ3v) is 7.98. The zero-order valence-electron chi connectivity index (χ0n) is 16.1. The molecule has 2 heterocycles. The zero-order chi connectivity index (χ0) is 20.4. The van der Waals surface area contributed by atoms with Crippen LogP contribution in [0.15, 0.2) is 53.4 Å². The molecule has 0 radical (unpaired) electrons. The smallest absolute Gasteiger partial charge is 0.244 e. The molecule has 0 unspecified atom stereocenters. The van der Waals surface area contributed by atoms with Crippen LogP contribution in [0.5, 0.6) is 0 Å². The molecule has 0 aliphatic carbocycles. The highest BCUT2D eigenvalue weighted by Gasteiger charge is 2.32. The number of hydrogen-bond donors (Lipinski definition) is 0. The Morgan fingerprint density at radius 3 is 2.38 bits per heavy atom. The molecule has 2 aliphatic heterocycles. The van der Waals surface area contributed by atoms with Crippen molar-refractivity contribution in [3.8, 4) is 0 Å². The average molecular weight is 434 g/mol. The van der Waals surface area contributed by atoms with Crippen LogP contribution in [0.3, 0.4) is 0 Å². The minimum atomic E-state index is -3.66. The number of carbonyl (C=O) groups is 1. The number of sulfonamides is 1. The summed E-state index contributed by atoms with van der Waals surface area (Å²) in [7, 11) is -3.66. The summed E-state index contributed by atoms with van der Waals surface area (Å²) in [5.41, 5.74) is 2.41. The fourth-order valence-corrected chi connectivity index (χ4v) is 5.93. The van der Waals surface area contributed by atoms with Gasteiger partial charge in [-0.15, -0.1) is 0 Å². The van der Waals surface area contributed by atoms with Crippen molar-refractivity contribution in [1.29, 1.82) is 0 Å². The summed E-state index contributed by atoms with van der Waals surface area (Å²) in [5.74, 6) is 0.0384. The van der Waals surface area contributed by atoms with E-state index in [1.54, 1.807) is 23.1 Å². The fourth-order valence-electron chi connectivity index (χ4n) is 4.01. The van der Waals surface area contributed by atoms with Gasteiger partial charge in [-0.2, -0.15) is 4.31 Å². The first kappa shape index (κ1) is 20.2. The lowest BCUT2D eigenvalue weighted by molar-refractivity contribution is -0.130. The van der Waals surface area contributed by atoms with Crippen LogP contribution >= 0.6 is 11.6 Å². The largest absolute Gasteiger partial charge is 0.362 e. The molecule has 1 saturated heterocycles. The number of piperazine rings is 1. The van der Waals surface area contributed by atoms with Gasteiger partial charge >= 0.3 is 0 Å². The van der Waals surface area contributed by atoms with Gasteiger partial charge in [0.2, 0.25) is 15.9 Å². The van der Waals surface area contributed by atoms with E-state index >= 15 is 0 Å². The second-order valence-corrected chi connectivity index (χ2v) is 9.68. The Bertz CT molecular complexity index is 1000. The molecule has 8 heteroatoms. The lowest BCUT2D eigenvalue weighted by Gasteiger charge is -2.36. The first-order chi connectivity index (χ1) is 14.0. The third kappa shape index (κ3) is 4.13. The summed E-state index contributed by atoms with van der Waals surface area (Å²) >= 11 is 6.08. The first-order valence-corrected chi connectivity index (χ1v) is 11.6. The van der Waals surface area contributed by atoms with Gasteiger partial charge in [0.1, 0.15) is 4.90 Å². The van der Waals surface area contributed by atoms with Gasteiger partial charge in [-0.3, -0.25) is 4.79 Å². The van der Waals surface area contributed by atoms with Gasteiger partial charge in [0.05, 0.1) is 11.6 Å². The standard InChI is InChI=1S/C21H24ClN3O3S/c22-18-8-2-4-10-20(18)29(27,28)25-14-12-23(13-15-25)21(26)16-24-11-5-7-17-6-1-3-9-19(17)24/h1-4,6,8-10H,5,7,11-16H2. The maximum absolute atomic E-state index is 12.9. The van der Waals surface area contributed by atoms with Gasteiger partial charge in [0.25, 0.3) is 0 Å². The summed E-state index contributed by atoms with van der Waals surface area (Å²) in [6, 6.07) is 14.7. The van der Waals surface area contributed by atoms with Crippen LogP contribution in [0.1, 0.15) is 12.0 Å². The van der Waals surface area contributed by atoms with Crippen molar-refractivity contribution in [2.75, 3.05) is 44.2 Å². The van der Waals surface area contributed by atoms with Crippen LogP contribution in [0.2, 0.25) is 5.02 Å². The number of rotatable bonds is 4. The number of fused-ring (bicyclic) bond motifs is 1. The SMILES string of the molecule is O=C(CN1CCCc2ccccc21)N1CCN(S(=O)(=O)c2ccccc2Cl)CC1. The Labute approximate surface area is 176 Å². The molecule has 2 aliphatic rings. The third-order valence-electron chi connectivity index (χ3n) is 5.58. The van der Waals surface area contributed by atoms with E-state index in [1.807, 2.05) is 12.1 Å². The molecule has 0 saturated carbocycles. The normalized spacial score (nSPS) is 17.8. The van der Waals surface area contributed by atoms with Crippen LogP contribution in [0.4, 0.5) is 5.69 Å². The van der Waals surface area contributed by atoms with Crippen molar-refractivity contribution in [2.45, 2.75) is 17.7 Å². The van der Waals surface area contributed by atoms with E-state index in [-0.39, 0.29) is 28.9 Å². The van der Waals surface area contributed by atoms with Crippen molar-refractivity contribution in [2.24, 2.45) is 0 Å². The maximum Gasteiger partial charge on any atom is 0.244 e. The molecule has 2 aromatic carbocycles. The minimum absolute atomic E-state index is 0.0384. The van der Waals surface area contributed by atoms with Crippen molar-refractivity contribution in [1.82, 2.24) is 9.21 Å². The summed E-state index contributed by atoms with van der Waals surface area (Å²) in [6.45, 7) is 2.51. The van der Waals surface area contributed by atoms with E-state index in [4.69, 9.17) is 11.6 Å². The second kappa shape index (κ2) is 8.34. The van der Waals surface area contributed by atoms with Crippen molar-refractivity contribution in [3.63, 3.8) is 0 Å². The van der Waals surface area contributed by atoms with Gasteiger partial charge in [-0.1, -0.05) is 41.9 Å². The number of benzene rings is 2. The van der Waals surface area contributed by atoms with Crippen LogP contribution in [0.25, 0.3) is 0 Å². The molecule has 154 valence electrons. The summed E-state index contributed by atoms with van der Waals surface area (Å²) < 4.78 is 27.1. The van der Waals surface area contributed by atoms with Gasteiger partial charge in [-0.25, -0.2) is 8.42 Å². The summed E-state index contributed by atoms with van der Waals surface area (Å²) in [6.07, 6.45) is 2.08. The highest BCUT2D eigenvalue weighted by Crippen LogP contribution is 2.27. The van der Waals surface area contributed by atoms with Crippen molar-refractivity contribution >= 4 is 33.2 Å². The molecule has 0 aromatic heterocycles. The molecular weight excluding hydrogens is 410 g/mol. The number of para-hydroxylation sites is 1. The average Bonchev–Trinajstić information content (AvgIpc) is 2.74. The molecule has 0 bridgehead atoms. The van der Waals surface area contributed by atoms with E-state index < -0.39 is 10.0 Å². The Hall–Kier alpha value is -2.09. The highest BCUT2D eigenvalue weighted by atomic mass is 35.5. The maximum atomic E-state index is 12.9. The summed E-state index contributed by atoms with van der Waals surface area (Å²) in [5, 5.41) is 0.217. The molecule has 4 rings (SSSR count). The Balaban J connectivity index is 1.39. The lowest BCUT2D eigenvalue weighted by atomic mass is 10.0. The number of hydrogen-bond acceptors (Lipinski definition) is 4. The predicted molar refractivity (Wildman–Crippen MR) is 114 cm³/mol. The zero-order valence-corrected chi connectivity index (χ0v) is 17.7. The van der Waals surface area contributed by atoms with Gasteiger partial charge < -0.3 is 9.80 Å². The van der Waals surface area contributed by atoms with E-state index in [9.17, 15) is 13.2 Å². The Morgan fingerprint density at radius 2 is 1.62 bits per heavy atom. The lowest BCUT2D eigenvalue weighted by Crippen LogP contribution is -2.52. The van der Waals surface area contributed by atoms with Crippen LogP contribution in [-0.2, 0) is 21.2 Å². The topological polar surface area (TPSA) is 60.9 Å². The summed E-state index contributed by atoms with van der Waals surface area (Å²) in [4.78, 5) is 16.9. The fraction of sp³-hybridized carbons (Fsp3) is 0.381. The number of aryl methyl sites for hydroxylation is 1. The molecule has 0 N–H and O–H groups in total.